The van der Waals surface area contributed by atoms with Gasteiger partial charge in [0.15, 0.2) is 0 Å². The van der Waals surface area contributed by atoms with E-state index in [9.17, 15) is 9.59 Å². The highest BCUT2D eigenvalue weighted by molar-refractivity contribution is 9.10. The van der Waals surface area contributed by atoms with Gasteiger partial charge in [0.1, 0.15) is 11.1 Å². The first kappa shape index (κ1) is 17.2. The summed E-state index contributed by atoms with van der Waals surface area (Å²) in [5, 5.41) is 0.764. The molecule has 1 atom stereocenters. The largest absolute Gasteiger partial charge is 0.422 e. The van der Waals surface area contributed by atoms with Crippen molar-refractivity contribution in [3.63, 3.8) is 0 Å². The molecule has 6 heteroatoms. The number of rotatable bonds is 1. The van der Waals surface area contributed by atoms with Crippen LogP contribution in [0.3, 0.4) is 0 Å². The Kier molecular flexibility index (Phi) is 4.30. The molecular formula is C18H21BrN2O3. The van der Waals surface area contributed by atoms with Crippen molar-refractivity contribution < 1.29 is 9.21 Å². The lowest BCUT2D eigenvalue weighted by molar-refractivity contribution is 0.0528. The maximum absolute atomic E-state index is 13.0. The molecule has 1 aliphatic heterocycles. The topological polar surface area (TPSA) is 76.5 Å². The van der Waals surface area contributed by atoms with Crippen LogP contribution in [0.1, 0.15) is 36.2 Å². The van der Waals surface area contributed by atoms with Crippen LogP contribution in [-0.4, -0.2) is 29.9 Å². The lowest BCUT2D eigenvalue weighted by atomic mass is 9.79. The van der Waals surface area contributed by atoms with Gasteiger partial charge in [0.2, 0.25) is 0 Å². The van der Waals surface area contributed by atoms with Gasteiger partial charge in [-0.3, -0.25) is 4.79 Å². The Bertz CT molecular complexity index is 872. The molecule has 0 spiro atoms. The van der Waals surface area contributed by atoms with Gasteiger partial charge in [-0.15, -0.1) is 0 Å². The van der Waals surface area contributed by atoms with E-state index in [1.54, 1.807) is 24.0 Å². The molecule has 1 fully saturated rings. The lowest BCUT2D eigenvalue weighted by Crippen LogP contribution is -2.54. The Balaban J connectivity index is 2.06. The molecule has 5 nitrogen and oxygen atoms in total. The first-order valence-electron chi connectivity index (χ1n) is 7.98. The highest BCUT2D eigenvalue weighted by Crippen LogP contribution is 2.29. The number of carbonyl (C=O) groups is 1. The summed E-state index contributed by atoms with van der Waals surface area (Å²) in [5.74, 6) is -0.275. The average molecular weight is 393 g/mol. The summed E-state index contributed by atoms with van der Waals surface area (Å²) in [6, 6.07) is 5.44. The van der Waals surface area contributed by atoms with Crippen molar-refractivity contribution in [3.05, 3.63) is 44.2 Å². The van der Waals surface area contributed by atoms with Crippen LogP contribution in [0.5, 0.6) is 0 Å². The van der Waals surface area contributed by atoms with Crippen LogP contribution in [0.25, 0.3) is 11.0 Å². The lowest BCUT2D eigenvalue weighted by Gasteiger charge is -2.42. The van der Waals surface area contributed by atoms with E-state index < -0.39 is 5.63 Å². The van der Waals surface area contributed by atoms with E-state index in [4.69, 9.17) is 10.2 Å². The highest BCUT2D eigenvalue weighted by atomic mass is 79.9. The Morgan fingerprint density at radius 1 is 1.42 bits per heavy atom. The molecule has 0 saturated carbocycles. The molecule has 2 N–H and O–H groups in total. The third kappa shape index (κ3) is 2.89. The molecule has 0 radical (unpaired) electrons. The summed E-state index contributed by atoms with van der Waals surface area (Å²) in [7, 11) is 0. The Labute approximate surface area is 148 Å². The number of nitrogens with zero attached hydrogens (tertiary/aromatic N) is 1. The number of fused-ring (bicyclic) bond motifs is 1. The quantitative estimate of drug-likeness (QED) is 0.756. The number of nitrogens with two attached hydrogens (primary N) is 1. The molecule has 1 amide bonds. The fourth-order valence-corrected chi connectivity index (χ4v) is 3.64. The van der Waals surface area contributed by atoms with Gasteiger partial charge in [0.05, 0.1) is 0 Å². The summed E-state index contributed by atoms with van der Waals surface area (Å²) in [4.78, 5) is 27.1. The first-order valence-corrected chi connectivity index (χ1v) is 8.78. The van der Waals surface area contributed by atoms with E-state index in [1.807, 2.05) is 19.9 Å². The van der Waals surface area contributed by atoms with Gasteiger partial charge in [0, 0.05) is 29.0 Å². The fraction of sp³-hybridized carbons (Fsp3) is 0.444. The minimum absolute atomic E-state index is 0.0478. The van der Waals surface area contributed by atoms with Gasteiger partial charge in [-0.2, -0.15) is 0 Å². The van der Waals surface area contributed by atoms with Crippen LogP contribution >= 0.6 is 15.9 Å². The van der Waals surface area contributed by atoms with Gasteiger partial charge in [-0.25, -0.2) is 4.79 Å². The fourth-order valence-electron chi connectivity index (χ4n) is 3.28. The molecule has 2 aromatic rings. The summed E-state index contributed by atoms with van der Waals surface area (Å²) < 4.78 is 6.24. The van der Waals surface area contributed by atoms with Crippen molar-refractivity contribution in [2.45, 2.75) is 33.2 Å². The number of hydrogen-bond donors (Lipinski definition) is 1. The molecule has 1 saturated heterocycles. The van der Waals surface area contributed by atoms with Gasteiger partial charge in [-0.05, 0) is 42.5 Å². The Hall–Kier alpha value is -1.66. The molecule has 1 aromatic heterocycles. The van der Waals surface area contributed by atoms with Crippen LogP contribution < -0.4 is 11.4 Å². The third-order valence-corrected chi connectivity index (χ3v) is 5.43. The number of halogens is 1. The van der Waals surface area contributed by atoms with E-state index in [1.165, 1.54) is 0 Å². The maximum atomic E-state index is 13.0. The molecule has 0 bridgehead atoms. The Morgan fingerprint density at radius 2 is 2.12 bits per heavy atom. The number of amides is 1. The average Bonchev–Trinajstić information content (AvgIpc) is 2.50. The second-order valence-corrected chi connectivity index (χ2v) is 8.06. The van der Waals surface area contributed by atoms with Gasteiger partial charge >= 0.3 is 5.63 Å². The van der Waals surface area contributed by atoms with Crippen LogP contribution in [0.2, 0.25) is 0 Å². The van der Waals surface area contributed by atoms with Gasteiger partial charge in [-0.1, -0.05) is 29.8 Å². The van der Waals surface area contributed by atoms with Crippen LogP contribution in [-0.2, 0) is 0 Å². The van der Waals surface area contributed by atoms with Gasteiger partial charge < -0.3 is 15.1 Å². The zero-order valence-electron chi connectivity index (χ0n) is 14.1. The van der Waals surface area contributed by atoms with Crippen molar-refractivity contribution in [1.29, 1.82) is 0 Å². The molecule has 3 rings (SSSR count). The zero-order valence-corrected chi connectivity index (χ0v) is 15.6. The Morgan fingerprint density at radius 3 is 2.79 bits per heavy atom. The standard InChI is InChI=1S/C18H21BrN2O3/c1-10-12-8-11(19)4-5-13(12)24-17(23)15(10)16(22)21-7-6-14(20)18(2,3)9-21/h4-5,8,14H,6-7,9,20H2,1-3H3. The number of piperidine rings is 1. The second-order valence-electron chi connectivity index (χ2n) is 7.14. The minimum atomic E-state index is -0.583. The molecule has 1 aromatic carbocycles. The number of aryl methyl sites for hydroxylation is 1. The van der Waals surface area contributed by atoms with Crippen LogP contribution in [0.4, 0.5) is 0 Å². The minimum Gasteiger partial charge on any atom is -0.422 e. The molecule has 2 heterocycles. The molecule has 0 aliphatic carbocycles. The highest BCUT2D eigenvalue weighted by Gasteiger charge is 2.36. The van der Waals surface area contributed by atoms with Crippen molar-refractivity contribution in [3.8, 4) is 0 Å². The van der Waals surface area contributed by atoms with Crippen molar-refractivity contribution in [2.24, 2.45) is 11.1 Å². The van der Waals surface area contributed by atoms with Crippen LogP contribution in [0, 0.1) is 12.3 Å². The summed E-state index contributed by atoms with van der Waals surface area (Å²) in [6.45, 7) is 6.97. The monoisotopic (exact) mass is 392 g/mol. The maximum Gasteiger partial charge on any atom is 0.349 e. The molecule has 128 valence electrons. The first-order chi connectivity index (χ1) is 11.2. The number of carbonyl (C=O) groups excluding carboxylic acids is 1. The van der Waals surface area contributed by atoms with E-state index in [2.05, 4.69) is 15.9 Å². The molecule has 1 unspecified atom stereocenters. The SMILES string of the molecule is Cc1c(C(=O)N2CCC(N)C(C)(C)C2)c(=O)oc2ccc(Br)cc12. The summed E-state index contributed by atoms with van der Waals surface area (Å²) >= 11 is 3.42. The van der Waals surface area contributed by atoms with Crippen molar-refractivity contribution in [1.82, 2.24) is 4.90 Å². The van der Waals surface area contributed by atoms with E-state index in [0.717, 1.165) is 16.3 Å². The zero-order chi connectivity index (χ0) is 17.6. The number of likely N-dealkylation sites (tertiary alicyclic amines) is 1. The van der Waals surface area contributed by atoms with Gasteiger partial charge in [0.25, 0.3) is 5.91 Å². The smallest absolute Gasteiger partial charge is 0.349 e. The summed E-state index contributed by atoms with van der Waals surface area (Å²) in [5.41, 5.74) is 6.63. The van der Waals surface area contributed by atoms with Crippen LogP contribution in [0.15, 0.2) is 31.9 Å². The molecular weight excluding hydrogens is 372 g/mol. The van der Waals surface area contributed by atoms with E-state index >= 15 is 0 Å². The predicted octanol–water partition coefficient (Wildman–Crippen LogP) is 3.06. The predicted molar refractivity (Wildman–Crippen MR) is 97.2 cm³/mol. The van der Waals surface area contributed by atoms with Crippen molar-refractivity contribution >= 4 is 32.8 Å². The van der Waals surface area contributed by atoms with Crippen molar-refractivity contribution in [2.75, 3.05) is 13.1 Å². The normalized spacial score (nSPS) is 20.4. The molecule has 1 aliphatic rings. The summed E-state index contributed by atoms with van der Waals surface area (Å²) in [6.07, 6.45) is 0.724. The van der Waals surface area contributed by atoms with E-state index in [0.29, 0.717) is 24.2 Å². The molecule has 24 heavy (non-hydrogen) atoms. The second kappa shape index (κ2) is 6.01. The number of hydrogen-bond acceptors (Lipinski definition) is 4. The number of benzene rings is 1. The van der Waals surface area contributed by atoms with E-state index in [-0.39, 0.29) is 22.9 Å². The third-order valence-electron chi connectivity index (χ3n) is 4.94.